The van der Waals surface area contributed by atoms with Crippen LogP contribution in [0.5, 0.6) is 0 Å². The highest BCUT2D eigenvalue weighted by atomic mass is 16.5. The van der Waals surface area contributed by atoms with E-state index < -0.39 is 11.9 Å². The fourth-order valence-electron chi connectivity index (χ4n) is 4.05. The molecule has 148 valence electrons. The van der Waals surface area contributed by atoms with Crippen LogP contribution in [0.4, 0.5) is 5.69 Å². The number of nitriles is 1. The third-order valence-electron chi connectivity index (χ3n) is 5.32. The zero-order valence-corrected chi connectivity index (χ0v) is 16.9. The van der Waals surface area contributed by atoms with Gasteiger partial charge in [-0.1, -0.05) is 12.1 Å². The molecule has 1 atom stereocenters. The van der Waals surface area contributed by atoms with Crippen molar-refractivity contribution in [2.24, 2.45) is 5.73 Å². The number of hydrogen-bond acceptors (Lipinski definition) is 6. The Morgan fingerprint density at radius 2 is 2.21 bits per heavy atom. The van der Waals surface area contributed by atoms with E-state index in [9.17, 15) is 10.1 Å². The van der Waals surface area contributed by atoms with E-state index in [0.717, 1.165) is 24.9 Å². The number of fused-ring (bicyclic) bond motifs is 1. The van der Waals surface area contributed by atoms with Gasteiger partial charge in [0.25, 0.3) is 0 Å². The Bertz CT molecular complexity index is 893. The van der Waals surface area contributed by atoms with E-state index >= 15 is 0 Å². The number of nitrogens with two attached hydrogens (primary N) is 1. The first-order valence-electron chi connectivity index (χ1n) is 9.73. The van der Waals surface area contributed by atoms with E-state index in [1.807, 2.05) is 6.07 Å². The van der Waals surface area contributed by atoms with E-state index in [4.69, 9.17) is 15.2 Å². The SMILES string of the molecule is CCOC(=O)C1=C(C)OC(N)=C(C#N)C1c1ccc2c(c1)CCCN2C(C)C. The zero-order chi connectivity index (χ0) is 20.4. The molecule has 2 aliphatic rings. The van der Waals surface area contributed by atoms with Gasteiger partial charge >= 0.3 is 5.97 Å². The molecule has 0 bridgehead atoms. The molecule has 6 nitrogen and oxygen atoms in total. The average molecular weight is 381 g/mol. The number of anilines is 1. The highest BCUT2D eigenvalue weighted by molar-refractivity contribution is 5.92. The smallest absolute Gasteiger partial charge is 0.338 e. The van der Waals surface area contributed by atoms with Crippen LogP contribution >= 0.6 is 0 Å². The van der Waals surface area contributed by atoms with Crippen LogP contribution in [0, 0.1) is 11.3 Å². The Morgan fingerprint density at radius 3 is 2.86 bits per heavy atom. The first-order chi connectivity index (χ1) is 13.4. The number of carbonyl (C=O) groups excluding carboxylic acids is 1. The lowest BCUT2D eigenvalue weighted by molar-refractivity contribution is -0.139. The van der Waals surface area contributed by atoms with Crippen molar-refractivity contribution < 1.29 is 14.3 Å². The largest absolute Gasteiger partial charge is 0.463 e. The Hall–Kier alpha value is -2.94. The molecule has 0 radical (unpaired) electrons. The molecule has 0 spiro atoms. The van der Waals surface area contributed by atoms with Crippen molar-refractivity contribution in [2.45, 2.75) is 52.5 Å². The number of esters is 1. The summed E-state index contributed by atoms with van der Waals surface area (Å²) in [6.07, 6.45) is 2.04. The molecule has 1 unspecified atom stereocenters. The monoisotopic (exact) mass is 381 g/mol. The second-order valence-electron chi connectivity index (χ2n) is 7.39. The van der Waals surface area contributed by atoms with Crippen LogP contribution in [0.1, 0.15) is 51.2 Å². The maximum atomic E-state index is 12.6. The van der Waals surface area contributed by atoms with Gasteiger partial charge in [0.15, 0.2) is 0 Å². The Morgan fingerprint density at radius 1 is 1.46 bits per heavy atom. The van der Waals surface area contributed by atoms with Crippen LogP contribution in [0.25, 0.3) is 0 Å². The second kappa shape index (κ2) is 7.97. The molecule has 2 N–H and O–H groups in total. The standard InChI is InChI=1S/C22H27N3O3/c1-5-27-22(26)19-14(4)28-21(24)17(12-23)20(19)16-8-9-18-15(11-16)7-6-10-25(18)13(2)3/h8-9,11,13,20H,5-7,10,24H2,1-4H3. The van der Waals surface area contributed by atoms with Gasteiger partial charge in [-0.25, -0.2) is 4.79 Å². The Kier molecular flexibility index (Phi) is 5.64. The van der Waals surface area contributed by atoms with E-state index in [1.165, 1.54) is 11.3 Å². The molecule has 1 aromatic carbocycles. The predicted octanol–water partition coefficient (Wildman–Crippen LogP) is 3.49. The van der Waals surface area contributed by atoms with Crippen molar-refractivity contribution in [2.75, 3.05) is 18.1 Å². The van der Waals surface area contributed by atoms with Crippen molar-refractivity contribution in [3.05, 3.63) is 52.1 Å². The summed E-state index contributed by atoms with van der Waals surface area (Å²) in [7, 11) is 0. The van der Waals surface area contributed by atoms with Gasteiger partial charge in [0.05, 0.1) is 18.1 Å². The quantitative estimate of drug-likeness (QED) is 0.803. The lowest BCUT2D eigenvalue weighted by atomic mass is 9.81. The van der Waals surface area contributed by atoms with Crippen molar-refractivity contribution in [1.29, 1.82) is 5.26 Å². The molecule has 0 amide bonds. The molecule has 0 aromatic heterocycles. The fourth-order valence-corrected chi connectivity index (χ4v) is 4.05. The number of allylic oxidation sites excluding steroid dienone is 2. The minimum atomic E-state index is -0.586. The number of nitrogens with zero attached hydrogens (tertiary/aromatic N) is 2. The minimum Gasteiger partial charge on any atom is -0.463 e. The summed E-state index contributed by atoms with van der Waals surface area (Å²) in [5.41, 5.74) is 9.85. The van der Waals surface area contributed by atoms with Crippen molar-refractivity contribution >= 4 is 11.7 Å². The van der Waals surface area contributed by atoms with Gasteiger partial charge in [0, 0.05) is 18.3 Å². The number of benzene rings is 1. The van der Waals surface area contributed by atoms with Crippen LogP contribution in [-0.2, 0) is 20.7 Å². The molecule has 28 heavy (non-hydrogen) atoms. The summed E-state index contributed by atoms with van der Waals surface area (Å²) in [6, 6.07) is 8.71. The summed E-state index contributed by atoms with van der Waals surface area (Å²) in [5, 5.41) is 9.71. The second-order valence-corrected chi connectivity index (χ2v) is 7.39. The maximum Gasteiger partial charge on any atom is 0.338 e. The molecule has 6 heteroatoms. The van der Waals surface area contributed by atoms with Gasteiger partial charge in [0.2, 0.25) is 5.88 Å². The van der Waals surface area contributed by atoms with Gasteiger partial charge in [-0.05, 0) is 57.7 Å². The summed E-state index contributed by atoms with van der Waals surface area (Å²) in [4.78, 5) is 15.0. The van der Waals surface area contributed by atoms with Crippen LogP contribution in [0.15, 0.2) is 41.0 Å². The molecule has 0 fully saturated rings. The van der Waals surface area contributed by atoms with Crippen LogP contribution < -0.4 is 10.6 Å². The first-order valence-corrected chi connectivity index (χ1v) is 9.73. The summed E-state index contributed by atoms with van der Waals surface area (Å²) in [6.45, 7) is 9.08. The lowest BCUT2D eigenvalue weighted by Crippen LogP contribution is -2.35. The lowest BCUT2D eigenvalue weighted by Gasteiger charge is -2.35. The maximum absolute atomic E-state index is 12.6. The van der Waals surface area contributed by atoms with E-state index in [1.54, 1.807) is 13.8 Å². The third kappa shape index (κ3) is 3.45. The highest BCUT2D eigenvalue weighted by Crippen LogP contribution is 2.41. The number of carbonyl (C=O) groups is 1. The fraction of sp³-hybridized carbons (Fsp3) is 0.455. The Labute approximate surface area is 166 Å². The summed E-state index contributed by atoms with van der Waals surface area (Å²) >= 11 is 0. The molecule has 3 rings (SSSR count). The number of rotatable bonds is 4. The van der Waals surface area contributed by atoms with E-state index in [2.05, 4.69) is 36.9 Å². The summed E-state index contributed by atoms with van der Waals surface area (Å²) < 4.78 is 10.7. The van der Waals surface area contributed by atoms with Crippen LogP contribution in [0.3, 0.4) is 0 Å². The number of hydrogen-bond donors (Lipinski definition) is 1. The molecule has 0 saturated heterocycles. The highest BCUT2D eigenvalue weighted by Gasteiger charge is 2.36. The number of aryl methyl sites for hydroxylation is 1. The molecular formula is C22H27N3O3. The van der Waals surface area contributed by atoms with Crippen molar-refractivity contribution in [1.82, 2.24) is 0 Å². The van der Waals surface area contributed by atoms with Crippen molar-refractivity contribution in [3.63, 3.8) is 0 Å². The number of ether oxygens (including phenoxy) is 2. The molecule has 1 aromatic rings. The Balaban J connectivity index is 2.11. The molecule has 2 heterocycles. The van der Waals surface area contributed by atoms with Gasteiger partial charge in [-0.2, -0.15) is 5.26 Å². The average Bonchev–Trinajstić information content (AvgIpc) is 2.66. The summed E-state index contributed by atoms with van der Waals surface area (Å²) in [5.74, 6) is -0.648. The van der Waals surface area contributed by atoms with Gasteiger partial charge in [-0.15, -0.1) is 0 Å². The van der Waals surface area contributed by atoms with Crippen LogP contribution in [0.2, 0.25) is 0 Å². The van der Waals surface area contributed by atoms with Gasteiger partial charge < -0.3 is 20.1 Å². The molecule has 0 aliphatic carbocycles. The van der Waals surface area contributed by atoms with Crippen LogP contribution in [-0.4, -0.2) is 25.2 Å². The normalized spacial score (nSPS) is 19.3. The molecule has 0 saturated carbocycles. The first kappa shape index (κ1) is 19.8. The van der Waals surface area contributed by atoms with Gasteiger partial charge in [-0.3, -0.25) is 0 Å². The zero-order valence-electron chi connectivity index (χ0n) is 16.9. The topological polar surface area (TPSA) is 88.6 Å². The molecule has 2 aliphatic heterocycles. The molecular weight excluding hydrogens is 354 g/mol. The minimum absolute atomic E-state index is 0.0413. The van der Waals surface area contributed by atoms with Crippen molar-refractivity contribution in [3.8, 4) is 6.07 Å². The van der Waals surface area contributed by atoms with E-state index in [-0.39, 0.29) is 18.1 Å². The van der Waals surface area contributed by atoms with Gasteiger partial charge in [0.1, 0.15) is 17.4 Å². The third-order valence-corrected chi connectivity index (χ3v) is 5.32. The van der Waals surface area contributed by atoms with E-state index in [0.29, 0.717) is 17.4 Å². The predicted molar refractivity (Wildman–Crippen MR) is 107 cm³/mol.